The number of aromatic amines is 1. The predicted octanol–water partition coefficient (Wildman–Crippen LogP) is -0.380. The first-order chi connectivity index (χ1) is 13.8. The molecule has 0 bridgehead atoms. The van der Waals surface area contributed by atoms with Crippen LogP contribution in [0.25, 0.3) is 10.9 Å². The van der Waals surface area contributed by atoms with E-state index in [0.717, 1.165) is 15.5 Å². The normalized spacial score (nSPS) is 10.7. The summed E-state index contributed by atoms with van der Waals surface area (Å²) in [5.74, 6) is -0.269. The van der Waals surface area contributed by atoms with Gasteiger partial charge in [0.05, 0.1) is 20.2 Å². The van der Waals surface area contributed by atoms with Gasteiger partial charge in [-0.2, -0.15) is 0 Å². The van der Waals surface area contributed by atoms with Crippen molar-refractivity contribution in [1.29, 1.82) is 0 Å². The van der Waals surface area contributed by atoms with E-state index in [-0.39, 0.29) is 13.1 Å². The highest BCUT2D eigenvalue weighted by Gasteiger charge is 2.13. The lowest BCUT2D eigenvalue weighted by atomic mass is 10.2. The predicted molar refractivity (Wildman–Crippen MR) is 106 cm³/mol. The first kappa shape index (κ1) is 19.9. The molecule has 2 aromatic heterocycles. The highest BCUT2D eigenvalue weighted by Crippen LogP contribution is 2.25. The zero-order valence-corrected chi connectivity index (χ0v) is 16.2. The Hall–Kier alpha value is -3.82. The van der Waals surface area contributed by atoms with Crippen molar-refractivity contribution in [1.82, 2.24) is 24.8 Å². The number of amides is 2. The third kappa shape index (κ3) is 4.05. The first-order valence-corrected chi connectivity index (χ1v) is 8.78. The molecule has 2 amide bonds. The van der Waals surface area contributed by atoms with Gasteiger partial charge in [-0.15, -0.1) is 0 Å². The zero-order valence-electron chi connectivity index (χ0n) is 16.2. The molecule has 1 aromatic carbocycles. The summed E-state index contributed by atoms with van der Waals surface area (Å²) < 4.78 is 7.51. The summed E-state index contributed by atoms with van der Waals surface area (Å²) in [5.41, 5.74) is 0.460. The first-order valence-electron chi connectivity index (χ1n) is 8.78. The SMILES string of the molecule is COc1cccc2[nH]c(C(=O)NCC(=O)NCc3cc(=O)n(C)c(=O)n3C)cc12. The lowest BCUT2D eigenvalue weighted by Gasteiger charge is -2.10. The largest absolute Gasteiger partial charge is 0.496 e. The number of hydrogen-bond donors (Lipinski definition) is 3. The quantitative estimate of drug-likeness (QED) is 0.521. The molecule has 29 heavy (non-hydrogen) atoms. The zero-order chi connectivity index (χ0) is 21.1. The van der Waals surface area contributed by atoms with Crippen molar-refractivity contribution in [2.45, 2.75) is 6.54 Å². The standard InChI is InChI=1S/C19H21N5O5/c1-23-11(7-17(26)24(2)19(23)28)9-20-16(25)10-21-18(27)14-8-12-13(22-14)5-4-6-15(12)29-3/h4-8,22H,9-10H2,1-3H3,(H,20,25)(H,21,27). The maximum atomic E-state index is 12.3. The molecular formula is C19H21N5O5. The van der Waals surface area contributed by atoms with Crippen LogP contribution in [0.1, 0.15) is 16.2 Å². The van der Waals surface area contributed by atoms with Crippen LogP contribution in [0.5, 0.6) is 5.75 Å². The van der Waals surface area contributed by atoms with E-state index in [0.29, 0.717) is 17.1 Å². The molecule has 10 heteroatoms. The fraction of sp³-hybridized carbons (Fsp3) is 0.263. The summed E-state index contributed by atoms with van der Waals surface area (Å²) in [6.07, 6.45) is 0. The van der Waals surface area contributed by atoms with Crippen LogP contribution in [0, 0.1) is 0 Å². The van der Waals surface area contributed by atoms with Gasteiger partial charge in [0.1, 0.15) is 11.4 Å². The van der Waals surface area contributed by atoms with E-state index in [4.69, 9.17) is 4.74 Å². The van der Waals surface area contributed by atoms with Crippen LogP contribution in [0.4, 0.5) is 0 Å². The fourth-order valence-electron chi connectivity index (χ4n) is 2.88. The number of rotatable bonds is 6. The number of ether oxygens (including phenoxy) is 1. The number of fused-ring (bicyclic) bond motifs is 1. The number of carbonyl (C=O) groups is 2. The van der Waals surface area contributed by atoms with Crippen LogP contribution in [0.2, 0.25) is 0 Å². The number of nitrogens with one attached hydrogen (secondary N) is 3. The maximum Gasteiger partial charge on any atom is 0.330 e. The monoisotopic (exact) mass is 399 g/mol. The fourth-order valence-corrected chi connectivity index (χ4v) is 2.88. The van der Waals surface area contributed by atoms with Crippen LogP contribution in [0.3, 0.4) is 0 Å². The Morgan fingerprint density at radius 3 is 2.59 bits per heavy atom. The van der Waals surface area contributed by atoms with Crippen LogP contribution < -0.4 is 26.6 Å². The molecule has 3 N–H and O–H groups in total. The molecule has 0 radical (unpaired) electrons. The molecular weight excluding hydrogens is 378 g/mol. The van der Waals surface area contributed by atoms with Crippen LogP contribution in [-0.4, -0.2) is 39.6 Å². The molecule has 0 saturated carbocycles. The second-order valence-electron chi connectivity index (χ2n) is 6.44. The van der Waals surface area contributed by atoms with Gasteiger partial charge in [-0.3, -0.25) is 23.5 Å². The molecule has 0 atom stereocenters. The molecule has 3 aromatic rings. The van der Waals surface area contributed by atoms with Gasteiger partial charge in [0.25, 0.3) is 11.5 Å². The number of methoxy groups -OCH3 is 1. The van der Waals surface area contributed by atoms with Gasteiger partial charge in [-0.25, -0.2) is 4.79 Å². The number of H-pyrrole nitrogens is 1. The Kier molecular flexibility index (Phi) is 5.53. The lowest BCUT2D eigenvalue weighted by molar-refractivity contribution is -0.120. The third-order valence-corrected chi connectivity index (χ3v) is 4.59. The molecule has 0 fully saturated rings. The second-order valence-corrected chi connectivity index (χ2v) is 6.44. The number of benzene rings is 1. The van der Waals surface area contributed by atoms with Gasteiger partial charge in [0, 0.05) is 36.8 Å². The highest BCUT2D eigenvalue weighted by atomic mass is 16.5. The summed E-state index contributed by atoms with van der Waals surface area (Å²) in [6.45, 7) is -0.274. The molecule has 152 valence electrons. The molecule has 0 saturated heterocycles. The molecule has 2 heterocycles. The van der Waals surface area contributed by atoms with Gasteiger partial charge in [-0.1, -0.05) is 6.07 Å². The number of nitrogens with zero attached hydrogens (tertiary/aromatic N) is 2. The average Bonchev–Trinajstić information content (AvgIpc) is 3.16. The maximum absolute atomic E-state index is 12.3. The van der Waals surface area contributed by atoms with Crippen molar-refractivity contribution in [2.24, 2.45) is 14.1 Å². The number of hydrogen-bond acceptors (Lipinski definition) is 5. The molecule has 0 aliphatic rings. The van der Waals surface area contributed by atoms with E-state index in [1.165, 1.54) is 24.7 Å². The Morgan fingerprint density at radius 2 is 1.86 bits per heavy atom. The minimum Gasteiger partial charge on any atom is -0.496 e. The van der Waals surface area contributed by atoms with E-state index < -0.39 is 23.1 Å². The van der Waals surface area contributed by atoms with Crippen LogP contribution in [-0.2, 0) is 25.4 Å². The van der Waals surface area contributed by atoms with Gasteiger partial charge in [-0.05, 0) is 18.2 Å². The second kappa shape index (κ2) is 8.05. The number of aromatic nitrogens is 3. The van der Waals surface area contributed by atoms with Gasteiger partial charge < -0.3 is 20.4 Å². The molecule has 0 unspecified atom stereocenters. The van der Waals surface area contributed by atoms with Crippen molar-refractivity contribution in [3.8, 4) is 5.75 Å². The van der Waals surface area contributed by atoms with Crippen molar-refractivity contribution in [2.75, 3.05) is 13.7 Å². The Labute approximate surface area is 165 Å². The summed E-state index contributed by atoms with van der Waals surface area (Å²) in [7, 11) is 4.43. The average molecular weight is 399 g/mol. The minimum atomic E-state index is -0.482. The van der Waals surface area contributed by atoms with E-state index in [1.54, 1.807) is 25.3 Å². The van der Waals surface area contributed by atoms with Gasteiger partial charge >= 0.3 is 5.69 Å². The Morgan fingerprint density at radius 1 is 1.10 bits per heavy atom. The minimum absolute atomic E-state index is 0.0138. The Bertz CT molecular complexity index is 1200. The smallest absolute Gasteiger partial charge is 0.330 e. The van der Waals surface area contributed by atoms with Crippen LogP contribution >= 0.6 is 0 Å². The van der Waals surface area contributed by atoms with E-state index in [9.17, 15) is 19.2 Å². The summed E-state index contributed by atoms with van der Waals surface area (Å²) >= 11 is 0. The van der Waals surface area contributed by atoms with Crippen molar-refractivity contribution in [3.63, 3.8) is 0 Å². The summed E-state index contributed by atoms with van der Waals surface area (Å²) in [5, 5.41) is 5.86. The van der Waals surface area contributed by atoms with Gasteiger partial charge in [0.15, 0.2) is 0 Å². The number of carbonyl (C=O) groups excluding carboxylic acids is 2. The topological polar surface area (TPSA) is 127 Å². The molecule has 0 aliphatic heterocycles. The van der Waals surface area contributed by atoms with Gasteiger partial charge in [0.2, 0.25) is 5.91 Å². The molecule has 0 aliphatic carbocycles. The molecule has 10 nitrogen and oxygen atoms in total. The summed E-state index contributed by atoms with van der Waals surface area (Å²) in [4.78, 5) is 51.0. The third-order valence-electron chi connectivity index (χ3n) is 4.59. The molecule has 0 spiro atoms. The Balaban J connectivity index is 1.61. The molecule has 3 rings (SSSR count). The van der Waals surface area contributed by atoms with Crippen LogP contribution in [0.15, 0.2) is 39.9 Å². The summed E-state index contributed by atoms with van der Waals surface area (Å²) in [6, 6.07) is 8.33. The lowest BCUT2D eigenvalue weighted by Crippen LogP contribution is -2.41. The van der Waals surface area contributed by atoms with Crippen molar-refractivity contribution in [3.05, 3.63) is 62.6 Å². The van der Waals surface area contributed by atoms with Crippen molar-refractivity contribution < 1.29 is 14.3 Å². The van der Waals surface area contributed by atoms with E-state index >= 15 is 0 Å². The van der Waals surface area contributed by atoms with E-state index in [2.05, 4.69) is 15.6 Å². The van der Waals surface area contributed by atoms with Crippen molar-refractivity contribution >= 4 is 22.7 Å². The van der Waals surface area contributed by atoms with E-state index in [1.807, 2.05) is 6.07 Å². The highest BCUT2D eigenvalue weighted by molar-refractivity contribution is 6.00.